The molecule has 0 aliphatic heterocycles. The van der Waals surface area contributed by atoms with Crippen LogP contribution in [0.3, 0.4) is 0 Å². The van der Waals surface area contributed by atoms with Gasteiger partial charge in [0.15, 0.2) is 0 Å². The van der Waals surface area contributed by atoms with E-state index < -0.39 is 23.2 Å². The first kappa shape index (κ1) is 24.8. The Hall–Kier alpha value is -3.27. The van der Waals surface area contributed by atoms with Crippen molar-refractivity contribution in [1.29, 1.82) is 0 Å². The molecule has 4 aromatic rings. The van der Waals surface area contributed by atoms with Gasteiger partial charge in [0.2, 0.25) is 5.91 Å². The van der Waals surface area contributed by atoms with E-state index in [4.69, 9.17) is 0 Å². The SMILES string of the molecule is O=C(CCCC[P+](c1ccccc1)(c1ccccc1)c1ccccc1)NS(=O)(=O)c1ccccc1. The lowest BCUT2D eigenvalue weighted by Gasteiger charge is -2.27. The third-order valence-corrected chi connectivity index (χ3v) is 12.0. The molecule has 0 heterocycles. The molecule has 0 radical (unpaired) electrons. The molecule has 0 saturated heterocycles. The standard InChI is InChI=1S/C29H28NO3PS/c31-29(30-35(32,33)28-21-11-4-12-22-28)23-13-14-24-34(25-15-5-1-6-16-25,26-17-7-2-8-18-26)27-19-9-3-10-20-27/h1-12,15-22H,13-14,23-24H2/p+1. The van der Waals surface area contributed by atoms with Gasteiger partial charge in [-0.15, -0.1) is 0 Å². The zero-order valence-corrected chi connectivity index (χ0v) is 21.2. The van der Waals surface area contributed by atoms with E-state index in [2.05, 4.69) is 77.5 Å². The second kappa shape index (κ2) is 11.4. The molecule has 0 saturated carbocycles. The summed E-state index contributed by atoms with van der Waals surface area (Å²) in [5.74, 6) is -0.475. The van der Waals surface area contributed by atoms with E-state index in [1.807, 2.05) is 18.2 Å². The smallest absolute Gasteiger partial charge is 0.264 e. The first-order chi connectivity index (χ1) is 17.0. The summed E-state index contributed by atoms with van der Waals surface area (Å²) in [5.41, 5.74) is 0. The van der Waals surface area contributed by atoms with Crippen molar-refractivity contribution in [3.8, 4) is 0 Å². The summed E-state index contributed by atoms with van der Waals surface area (Å²) >= 11 is 0. The Morgan fingerprint density at radius 2 is 1.00 bits per heavy atom. The summed E-state index contributed by atoms with van der Waals surface area (Å²) in [5, 5.41) is 3.90. The molecule has 0 aliphatic carbocycles. The molecule has 35 heavy (non-hydrogen) atoms. The van der Waals surface area contributed by atoms with E-state index in [1.54, 1.807) is 18.2 Å². The molecule has 0 spiro atoms. The largest absolute Gasteiger partial charge is 0.274 e. The number of sulfonamides is 1. The minimum atomic E-state index is -3.85. The van der Waals surface area contributed by atoms with Gasteiger partial charge in [-0.3, -0.25) is 4.79 Å². The van der Waals surface area contributed by atoms with Gasteiger partial charge in [-0.25, -0.2) is 13.1 Å². The molecule has 1 amide bonds. The number of amides is 1. The van der Waals surface area contributed by atoms with Gasteiger partial charge >= 0.3 is 0 Å². The Balaban J connectivity index is 1.53. The molecular formula is C29H29NO3PS+. The summed E-state index contributed by atoms with van der Waals surface area (Å²) < 4.78 is 27.1. The number of unbranched alkanes of at least 4 members (excludes halogenated alkanes) is 1. The molecule has 6 heteroatoms. The van der Waals surface area contributed by atoms with Crippen LogP contribution >= 0.6 is 7.26 Å². The van der Waals surface area contributed by atoms with Gasteiger partial charge in [0, 0.05) is 6.42 Å². The monoisotopic (exact) mass is 502 g/mol. The number of nitrogens with one attached hydrogen (secondary N) is 1. The quantitative estimate of drug-likeness (QED) is 0.254. The molecule has 4 rings (SSSR count). The van der Waals surface area contributed by atoms with Crippen molar-refractivity contribution < 1.29 is 13.2 Å². The lowest BCUT2D eigenvalue weighted by Crippen LogP contribution is -2.33. The maximum Gasteiger partial charge on any atom is 0.264 e. The van der Waals surface area contributed by atoms with Gasteiger partial charge in [0.25, 0.3) is 10.0 Å². The maximum atomic E-state index is 12.5. The molecule has 0 unspecified atom stereocenters. The molecule has 0 fully saturated rings. The van der Waals surface area contributed by atoms with Crippen molar-refractivity contribution in [2.45, 2.75) is 24.2 Å². The van der Waals surface area contributed by atoms with Gasteiger partial charge < -0.3 is 0 Å². The van der Waals surface area contributed by atoms with E-state index in [0.29, 0.717) is 6.42 Å². The number of rotatable bonds is 10. The highest BCUT2D eigenvalue weighted by molar-refractivity contribution is 7.95. The summed E-state index contributed by atoms with van der Waals surface area (Å²) in [7, 11) is -5.80. The second-order valence-electron chi connectivity index (χ2n) is 8.34. The molecule has 0 aromatic heterocycles. The summed E-state index contributed by atoms with van der Waals surface area (Å²) in [4.78, 5) is 12.6. The first-order valence-electron chi connectivity index (χ1n) is 11.7. The Labute approximate surface area is 208 Å². The maximum absolute atomic E-state index is 12.5. The second-order valence-corrected chi connectivity index (χ2v) is 13.6. The highest BCUT2D eigenvalue weighted by atomic mass is 32.2. The Morgan fingerprint density at radius 1 is 0.600 bits per heavy atom. The van der Waals surface area contributed by atoms with Crippen LogP contribution in [-0.4, -0.2) is 20.5 Å². The highest BCUT2D eigenvalue weighted by Gasteiger charge is 2.44. The molecule has 1 N–H and O–H groups in total. The van der Waals surface area contributed by atoms with Crippen LogP contribution in [0.2, 0.25) is 0 Å². The van der Waals surface area contributed by atoms with Crippen LogP contribution in [0.4, 0.5) is 0 Å². The lowest BCUT2D eigenvalue weighted by atomic mass is 10.2. The van der Waals surface area contributed by atoms with Crippen LogP contribution in [-0.2, 0) is 14.8 Å². The van der Waals surface area contributed by atoms with Crippen molar-refractivity contribution in [2.24, 2.45) is 0 Å². The number of hydrogen-bond donors (Lipinski definition) is 1. The first-order valence-corrected chi connectivity index (χ1v) is 15.1. The van der Waals surface area contributed by atoms with E-state index in [-0.39, 0.29) is 11.3 Å². The summed E-state index contributed by atoms with van der Waals surface area (Å²) in [6, 6.07) is 39.8. The zero-order chi connectivity index (χ0) is 24.6. The molecule has 0 bridgehead atoms. The van der Waals surface area contributed by atoms with E-state index in [0.717, 1.165) is 12.6 Å². The fourth-order valence-electron chi connectivity index (χ4n) is 4.38. The van der Waals surface area contributed by atoms with Crippen LogP contribution in [0, 0.1) is 0 Å². The van der Waals surface area contributed by atoms with Crippen molar-refractivity contribution in [2.75, 3.05) is 6.16 Å². The van der Waals surface area contributed by atoms with Crippen LogP contribution in [0.15, 0.2) is 126 Å². The molecule has 4 nitrogen and oxygen atoms in total. The summed E-state index contributed by atoms with van der Waals surface area (Å²) in [6.07, 6.45) is 2.45. The molecule has 4 aromatic carbocycles. The van der Waals surface area contributed by atoms with Gasteiger partial charge in [0.1, 0.15) is 23.2 Å². The van der Waals surface area contributed by atoms with Crippen LogP contribution in [0.5, 0.6) is 0 Å². The highest BCUT2D eigenvalue weighted by Crippen LogP contribution is 2.55. The van der Waals surface area contributed by atoms with Crippen molar-refractivity contribution in [3.05, 3.63) is 121 Å². The predicted molar refractivity (Wildman–Crippen MR) is 146 cm³/mol. The Morgan fingerprint density at radius 3 is 1.43 bits per heavy atom. The van der Waals surface area contributed by atoms with Crippen LogP contribution < -0.4 is 20.6 Å². The van der Waals surface area contributed by atoms with Gasteiger partial charge in [-0.05, 0) is 61.4 Å². The molecule has 0 atom stereocenters. The number of carbonyl (C=O) groups is 1. The number of carbonyl (C=O) groups excluding carboxylic acids is 1. The predicted octanol–water partition coefficient (Wildman–Crippen LogP) is 4.66. The summed E-state index contributed by atoms with van der Waals surface area (Å²) in [6.45, 7) is 0. The van der Waals surface area contributed by atoms with Crippen molar-refractivity contribution >= 4 is 39.1 Å². The van der Waals surface area contributed by atoms with E-state index in [9.17, 15) is 13.2 Å². The topological polar surface area (TPSA) is 63.2 Å². The van der Waals surface area contributed by atoms with Crippen LogP contribution in [0.25, 0.3) is 0 Å². The number of hydrogen-bond acceptors (Lipinski definition) is 3. The van der Waals surface area contributed by atoms with E-state index in [1.165, 1.54) is 28.0 Å². The number of benzene rings is 4. The third kappa shape index (κ3) is 5.87. The van der Waals surface area contributed by atoms with Crippen LogP contribution in [0.1, 0.15) is 19.3 Å². The fraction of sp³-hybridized carbons (Fsp3) is 0.138. The van der Waals surface area contributed by atoms with Gasteiger partial charge in [0.05, 0.1) is 11.1 Å². The Kier molecular flexibility index (Phi) is 8.12. The Bertz CT molecular complexity index is 1230. The fourth-order valence-corrected chi connectivity index (χ4v) is 9.82. The van der Waals surface area contributed by atoms with Gasteiger partial charge in [-0.1, -0.05) is 72.8 Å². The third-order valence-electron chi connectivity index (χ3n) is 6.04. The zero-order valence-electron chi connectivity index (χ0n) is 19.5. The van der Waals surface area contributed by atoms with Crippen molar-refractivity contribution in [3.63, 3.8) is 0 Å². The molecule has 0 aliphatic rings. The van der Waals surface area contributed by atoms with E-state index >= 15 is 0 Å². The minimum Gasteiger partial charge on any atom is -0.274 e. The lowest BCUT2D eigenvalue weighted by molar-refractivity contribution is -0.119. The average molecular weight is 503 g/mol. The molecular weight excluding hydrogens is 473 g/mol. The van der Waals surface area contributed by atoms with Gasteiger partial charge in [-0.2, -0.15) is 0 Å². The minimum absolute atomic E-state index is 0.0931. The molecule has 178 valence electrons. The normalized spacial score (nSPS) is 11.7. The average Bonchev–Trinajstić information content (AvgIpc) is 2.91. The van der Waals surface area contributed by atoms with Crippen molar-refractivity contribution in [1.82, 2.24) is 4.72 Å².